The van der Waals surface area contributed by atoms with E-state index in [9.17, 15) is 18.3 Å². The molecule has 1 aliphatic rings. The van der Waals surface area contributed by atoms with Crippen LogP contribution >= 0.6 is 11.3 Å². The molecule has 3 aromatic rings. The lowest BCUT2D eigenvalue weighted by atomic mass is 10.0. The molecule has 0 saturated heterocycles. The van der Waals surface area contributed by atoms with Crippen molar-refractivity contribution in [3.8, 4) is 5.75 Å². The molecule has 1 aromatic heterocycles. The molecule has 2 N–H and O–H groups in total. The molecule has 0 unspecified atom stereocenters. The number of hydrogen-bond donors (Lipinski definition) is 2. The van der Waals surface area contributed by atoms with E-state index in [1.807, 2.05) is 25.1 Å². The van der Waals surface area contributed by atoms with Crippen molar-refractivity contribution < 1.29 is 23.1 Å². The number of methoxy groups -OCH3 is 1. The van der Waals surface area contributed by atoms with Gasteiger partial charge in [-0.1, -0.05) is 30.3 Å². The second kappa shape index (κ2) is 8.93. The minimum atomic E-state index is -3.98. The summed E-state index contributed by atoms with van der Waals surface area (Å²) in [5, 5.41) is 10.1. The Morgan fingerprint density at radius 2 is 2.00 bits per heavy atom. The van der Waals surface area contributed by atoms with Crippen molar-refractivity contribution in [2.75, 3.05) is 18.4 Å². The van der Waals surface area contributed by atoms with Gasteiger partial charge in [0, 0.05) is 35.8 Å². The van der Waals surface area contributed by atoms with Crippen LogP contribution in [0, 0.1) is 6.92 Å². The molecule has 0 fully saturated rings. The maximum atomic E-state index is 13.2. The molecule has 0 saturated carbocycles. The molecule has 32 heavy (non-hydrogen) atoms. The zero-order chi connectivity index (χ0) is 22.9. The Kier molecular flexibility index (Phi) is 6.23. The zero-order valence-electron chi connectivity index (χ0n) is 17.8. The molecule has 0 amide bonds. The molecule has 0 spiro atoms. The Hall–Kier alpha value is -2.88. The van der Waals surface area contributed by atoms with E-state index in [0.29, 0.717) is 31.7 Å². The minimum absolute atomic E-state index is 0.0275. The number of sulfonamides is 1. The monoisotopic (exact) mass is 472 g/mol. The first-order valence-corrected chi connectivity index (χ1v) is 12.4. The molecule has 2 heterocycles. The van der Waals surface area contributed by atoms with Crippen molar-refractivity contribution in [1.29, 1.82) is 0 Å². The first kappa shape index (κ1) is 22.3. The van der Waals surface area contributed by atoms with E-state index in [2.05, 4.69) is 9.62 Å². The molecule has 0 atom stereocenters. The van der Waals surface area contributed by atoms with Gasteiger partial charge in [-0.05, 0) is 42.7 Å². The van der Waals surface area contributed by atoms with Crippen LogP contribution < -0.4 is 4.72 Å². The zero-order valence-corrected chi connectivity index (χ0v) is 19.4. The molecule has 0 bridgehead atoms. The van der Waals surface area contributed by atoms with Crippen LogP contribution in [0.25, 0.3) is 0 Å². The Labute approximate surface area is 191 Å². The third-order valence-electron chi connectivity index (χ3n) is 5.39. The van der Waals surface area contributed by atoms with Crippen molar-refractivity contribution in [3.05, 3.63) is 75.7 Å². The van der Waals surface area contributed by atoms with Crippen molar-refractivity contribution in [3.63, 3.8) is 0 Å². The number of benzene rings is 2. The highest BCUT2D eigenvalue weighted by Gasteiger charge is 2.34. The van der Waals surface area contributed by atoms with Gasteiger partial charge < -0.3 is 9.84 Å². The van der Waals surface area contributed by atoms with Crippen LogP contribution in [-0.4, -0.2) is 38.0 Å². The molecule has 0 aliphatic carbocycles. The topological polar surface area (TPSA) is 95.9 Å². The van der Waals surface area contributed by atoms with E-state index in [0.717, 1.165) is 32.9 Å². The molecule has 4 rings (SSSR count). The van der Waals surface area contributed by atoms with Crippen molar-refractivity contribution in [2.24, 2.45) is 0 Å². The number of carbonyl (C=O) groups excluding carboxylic acids is 1. The summed E-state index contributed by atoms with van der Waals surface area (Å²) in [6, 6.07) is 14.2. The number of phenols is 1. The average Bonchev–Trinajstić information content (AvgIpc) is 3.14. The lowest BCUT2D eigenvalue weighted by Gasteiger charge is -2.27. The number of fused-ring (bicyclic) bond motifs is 1. The van der Waals surface area contributed by atoms with Gasteiger partial charge in [0.05, 0.1) is 12.7 Å². The molecular weight excluding hydrogens is 448 g/mol. The predicted octanol–water partition coefficient (Wildman–Crippen LogP) is 3.91. The van der Waals surface area contributed by atoms with Crippen LogP contribution in [-0.2, 0) is 34.3 Å². The van der Waals surface area contributed by atoms with Gasteiger partial charge in [0.15, 0.2) is 4.21 Å². The van der Waals surface area contributed by atoms with E-state index in [1.165, 1.54) is 7.11 Å². The van der Waals surface area contributed by atoms with Crippen molar-refractivity contribution in [1.82, 2.24) is 4.90 Å². The van der Waals surface area contributed by atoms with Gasteiger partial charge in [0.1, 0.15) is 5.75 Å². The largest absolute Gasteiger partial charge is 0.508 e. The van der Waals surface area contributed by atoms with Crippen LogP contribution in [0.3, 0.4) is 0 Å². The fraction of sp³-hybridized carbons (Fsp3) is 0.261. The van der Waals surface area contributed by atoms with Crippen LogP contribution in [0.15, 0.2) is 52.7 Å². The predicted molar refractivity (Wildman–Crippen MR) is 124 cm³/mol. The standard InChI is InChI=1S/C23H24N2O5S2/c1-15-6-5-8-17(12-15)24-32(28,29)23-21(22(27)30-2)18-10-11-25(14-20(18)31-23)13-16-7-3-4-9-19(16)26/h3-9,12,24,26H,10-11,13-14H2,1-2H3. The van der Waals surface area contributed by atoms with E-state index in [-0.39, 0.29) is 15.5 Å². The summed E-state index contributed by atoms with van der Waals surface area (Å²) in [4.78, 5) is 15.5. The van der Waals surface area contributed by atoms with Gasteiger partial charge in [-0.15, -0.1) is 11.3 Å². The fourth-order valence-corrected chi connectivity index (χ4v) is 6.84. The Morgan fingerprint density at radius 1 is 1.22 bits per heavy atom. The first-order chi connectivity index (χ1) is 15.3. The number of nitrogens with zero attached hydrogens (tertiary/aromatic N) is 1. The second-order valence-corrected chi connectivity index (χ2v) is 10.7. The van der Waals surface area contributed by atoms with E-state index < -0.39 is 16.0 Å². The number of para-hydroxylation sites is 1. The third kappa shape index (κ3) is 4.50. The average molecular weight is 473 g/mol. The maximum absolute atomic E-state index is 13.2. The van der Waals surface area contributed by atoms with Crippen LogP contribution in [0.2, 0.25) is 0 Å². The van der Waals surface area contributed by atoms with Crippen LogP contribution in [0.4, 0.5) is 5.69 Å². The number of hydrogen-bond acceptors (Lipinski definition) is 7. The summed E-state index contributed by atoms with van der Waals surface area (Å²) in [5.41, 5.74) is 3.00. The van der Waals surface area contributed by atoms with Gasteiger partial charge in [-0.2, -0.15) is 0 Å². The summed E-state index contributed by atoms with van der Waals surface area (Å²) in [6.07, 6.45) is 0.518. The number of anilines is 1. The van der Waals surface area contributed by atoms with Gasteiger partial charge >= 0.3 is 5.97 Å². The Morgan fingerprint density at radius 3 is 2.72 bits per heavy atom. The van der Waals surface area contributed by atoms with E-state index in [4.69, 9.17) is 4.74 Å². The molecule has 9 heteroatoms. The summed E-state index contributed by atoms with van der Waals surface area (Å²) in [7, 11) is -2.73. The SMILES string of the molecule is COC(=O)c1c(S(=O)(=O)Nc2cccc(C)c2)sc2c1CCN(Cc1ccccc1O)C2. The number of thiophene rings is 1. The lowest BCUT2D eigenvalue weighted by molar-refractivity contribution is 0.0595. The number of aromatic hydroxyl groups is 1. The molecule has 7 nitrogen and oxygen atoms in total. The smallest absolute Gasteiger partial charge is 0.340 e. The first-order valence-electron chi connectivity index (χ1n) is 10.1. The van der Waals surface area contributed by atoms with Crippen molar-refractivity contribution in [2.45, 2.75) is 30.6 Å². The number of nitrogens with one attached hydrogen (secondary N) is 1. The third-order valence-corrected chi connectivity index (χ3v) is 8.51. The summed E-state index contributed by atoms with van der Waals surface area (Å²) < 4.78 is 34.0. The number of phenolic OH excluding ortho intramolecular Hbond substituents is 1. The Bertz CT molecular complexity index is 1270. The van der Waals surface area contributed by atoms with Gasteiger partial charge in [0.25, 0.3) is 10.0 Å². The van der Waals surface area contributed by atoms with Crippen LogP contribution in [0.1, 0.15) is 31.9 Å². The van der Waals surface area contributed by atoms with Crippen LogP contribution in [0.5, 0.6) is 5.75 Å². The van der Waals surface area contributed by atoms with E-state index in [1.54, 1.807) is 30.3 Å². The lowest BCUT2D eigenvalue weighted by Crippen LogP contribution is -2.30. The highest BCUT2D eigenvalue weighted by Crippen LogP contribution is 2.38. The maximum Gasteiger partial charge on any atom is 0.340 e. The molecule has 2 aromatic carbocycles. The quantitative estimate of drug-likeness (QED) is 0.528. The number of rotatable bonds is 6. The summed E-state index contributed by atoms with van der Waals surface area (Å²) in [6.45, 7) is 3.52. The van der Waals surface area contributed by atoms with Gasteiger partial charge in [0.2, 0.25) is 0 Å². The summed E-state index contributed by atoms with van der Waals surface area (Å²) >= 11 is 1.10. The van der Waals surface area contributed by atoms with Gasteiger partial charge in [-0.3, -0.25) is 9.62 Å². The highest BCUT2D eigenvalue weighted by atomic mass is 32.2. The van der Waals surface area contributed by atoms with Gasteiger partial charge in [-0.25, -0.2) is 13.2 Å². The Balaban J connectivity index is 1.67. The number of aryl methyl sites for hydroxylation is 1. The fourth-order valence-electron chi connectivity index (χ4n) is 3.86. The normalized spacial score (nSPS) is 14.1. The van der Waals surface area contributed by atoms with Crippen molar-refractivity contribution >= 4 is 33.0 Å². The molecule has 168 valence electrons. The number of esters is 1. The molecule has 0 radical (unpaired) electrons. The number of ether oxygens (including phenoxy) is 1. The second-order valence-electron chi connectivity index (χ2n) is 7.72. The highest BCUT2D eigenvalue weighted by molar-refractivity contribution is 7.94. The molecule has 1 aliphatic heterocycles. The molecular formula is C23H24N2O5S2. The number of carbonyl (C=O) groups is 1. The summed E-state index contributed by atoms with van der Waals surface area (Å²) in [5.74, 6) is -0.424. The van der Waals surface area contributed by atoms with E-state index >= 15 is 0 Å². The minimum Gasteiger partial charge on any atom is -0.508 e.